The van der Waals surface area contributed by atoms with Crippen LogP contribution in [0.4, 0.5) is 5.69 Å². The summed E-state index contributed by atoms with van der Waals surface area (Å²) in [6.45, 7) is 6.99. The highest BCUT2D eigenvalue weighted by Gasteiger charge is 2.31. The van der Waals surface area contributed by atoms with Gasteiger partial charge in [0.05, 0.1) is 35.0 Å². The molecule has 6 nitrogen and oxygen atoms in total. The van der Waals surface area contributed by atoms with Crippen molar-refractivity contribution in [1.29, 1.82) is 0 Å². The third-order valence-corrected chi connectivity index (χ3v) is 8.15. The molecule has 7 heteroatoms. The number of benzene rings is 4. The maximum Gasteiger partial charge on any atom is 0.280 e. The topological polar surface area (TPSA) is 59.7 Å². The van der Waals surface area contributed by atoms with Crippen LogP contribution < -0.4 is 9.75 Å². The SMILES string of the molecule is Cc1ccc(SCC2=NN(c3ccccc3)C(=O)C2=Cc2cn(-c3ccccc3)nc2-c2ccc(OCC(C)C)cc2)cc1. The summed E-state index contributed by atoms with van der Waals surface area (Å²) >= 11 is 1.67. The number of anilines is 1. The maximum absolute atomic E-state index is 14.0. The zero-order chi connectivity index (χ0) is 30.5. The van der Waals surface area contributed by atoms with E-state index in [1.807, 2.05) is 102 Å². The van der Waals surface area contributed by atoms with Crippen LogP contribution in [0.1, 0.15) is 25.0 Å². The molecule has 0 aliphatic carbocycles. The minimum atomic E-state index is -0.161. The molecule has 6 rings (SSSR count). The summed E-state index contributed by atoms with van der Waals surface area (Å²) < 4.78 is 7.78. The molecule has 2 heterocycles. The van der Waals surface area contributed by atoms with Crippen LogP contribution in [0.3, 0.4) is 0 Å². The Kier molecular flexibility index (Phi) is 8.75. The fourth-order valence-electron chi connectivity index (χ4n) is 4.80. The van der Waals surface area contributed by atoms with Crippen LogP contribution in [0.25, 0.3) is 23.0 Å². The Labute approximate surface area is 262 Å². The molecule has 0 N–H and O–H groups in total. The third-order valence-electron chi connectivity index (χ3n) is 7.13. The van der Waals surface area contributed by atoms with Gasteiger partial charge >= 0.3 is 0 Å². The molecule has 1 aliphatic heterocycles. The minimum Gasteiger partial charge on any atom is -0.493 e. The summed E-state index contributed by atoms with van der Waals surface area (Å²) in [6.07, 6.45) is 3.91. The van der Waals surface area contributed by atoms with E-state index in [1.54, 1.807) is 11.8 Å². The molecule has 0 unspecified atom stereocenters. The van der Waals surface area contributed by atoms with E-state index in [9.17, 15) is 4.79 Å². The van der Waals surface area contributed by atoms with Crippen molar-refractivity contribution in [2.75, 3.05) is 17.4 Å². The number of ether oxygens (including phenoxy) is 1. The Bertz CT molecular complexity index is 1790. The van der Waals surface area contributed by atoms with E-state index in [1.165, 1.54) is 10.6 Å². The number of aromatic nitrogens is 2. The lowest BCUT2D eigenvalue weighted by atomic mass is 10.0. The van der Waals surface area contributed by atoms with Gasteiger partial charge in [0.2, 0.25) is 0 Å². The summed E-state index contributed by atoms with van der Waals surface area (Å²) in [4.78, 5) is 15.1. The summed E-state index contributed by atoms with van der Waals surface area (Å²) in [5.74, 6) is 1.64. The Morgan fingerprint density at radius 2 is 1.50 bits per heavy atom. The van der Waals surface area contributed by atoms with Crippen LogP contribution in [-0.4, -0.2) is 33.8 Å². The van der Waals surface area contributed by atoms with E-state index in [4.69, 9.17) is 14.9 Å². The molecule has 44 heavy (non-hydrogen) atoms. The van der Waals surface area contributed by atoms with E-state index in [0.717, 1.165) is 44.6 Å². The maximum atomic E-state index is 14.0. The second kappa shape index (κ2) is 13.2. The first kappa shape index (κ1) is 29.2. The number of carbonyl (C=O) groups is 1. The lowest BCUT2D eigenvalue weighted by Crippen LogP contribution is -2.21. The standard InChI is InChI=1S/C37H34N4O2S/c1-26(2)24-43-32-18-16-28(17-19-32)36-29(23-40(39-36)30-10-6-4-7-11-30)22-34-35(25-44-33-20-14-27(3)15-21-33)38-41(37(34)42)31-12-8-5-9-13-31/h4-23,26H,24-25H2,1-3H3. The molecule has 0 saturated carbocycles. The fourth-order valence-corrected chi connectivity index (χ4v) is 5.64. The number of aryl methyl sites for hydroxylation is 1. The molecule has 0 saturated heterocycles. The van der Waals surface area contributed by atoms with Crippen molar-refractivity contribution in [2.45, 2.75) is 25.7 Å². The summed E-state index contributed by atoms with van der Waals surface area (Å²) in [5.41, 5.74) is 6.68. The molecule has 4 aromatic carbocycles. The monoisotopic (exact) mass is 598 g/mol. The van der Waals surface area contributed by atoms with Crippen LogP contribution >= 0.6 is 11.8 Å². The van der Waals surface area contributed by atoms with Gasteiger partial charge < -0.3 is 4.74 Å². The van der Waals surface area contributed by atoms with Gasteiger partial charge in [-0.05, 0) is 79.6 Å². The fraction of sp³-hybridized carbons (Fsp3) is 0.162. The summed E-state index contributed by atoms with van der Waals surface area (Å²) in [6, 6.07) is 35.9. The number of para-hydroxylation sites is 2. The van der Waals surface area contributed by atoms with Crippen LogP contribution in [0.5, 0.6) is 5.75 Å². The number of hydrazone groups is 1. The van der Waals surface area contributed by atoms with Gasteiger partial charge in [-0.15, -0.1) is 11.8 Å². The van der Waals surface area contributed by atoms with Crippen LogP contribution in [0.2, 0.25) is 0 Å². The van der Waals surface area contributed by atoms with Crippen molar-refractivity contribution in [1.82, 2.24) is 9.78 Å². The first-order valence-corrected chi connectivity index (χ1v) is 15.7. The predicted octanol–water partition coefficient (Wildman–Crippen LogP) is 8.46. The molecule has 0 fully saturated rings. The van der Waals surface area contributed by atoms with E-state index in [2.05, 4.69) is 45.0 Å². The van der Waals surface area contributed by atoms with Gasteiger partial charge in [0.15, 0.2) is 0 Å². The minimum absolute atomic E-state index is 0.161. The van der Waals surface area contributed by atoms with Crippen molar-refractivity contribution in [3.05, 3.63) is 132 Å². The average Bonchev–Trinajstić information content (AvgIpc) is 3.62. The lowest BCUT2D eigenvalue weighted by Gasteiger charge is -2.11. The van der Waals surface area contributed by atoms with Crippen LogP contribution in [0, 0.1) is 12.8 Å². The predicted molar refractivity (Wildman–Crippen MR) is 181 cm³/mol. The second-order valence-corrected chi connectivity index (χ2v) is 12.2. The van der Waals surface area contributed by atoms with Crippen molar-refractivity contribution in [3.63, 3.8) is 0 Å². The highest BCUT2D eigenvalue weighted by molar-refractivity contribution is 8.00. The highest BCUT2D eigenvalue weighted by atomic mass is 32.2. The Balaban J connectivity index is 1.40. The van der Waals surface area contributed by atoms with E-state index < -0.39 is 0 Å². The Morgan fingerprint density at radius 1 is 0.841 bits per heavy atom. The zero-order valence-electron chi connectivity index (χ0n) is 25.1. The largest absolute Gasteiger partial charge is 0.493 e. The quantitative estimate of drug-likeness (QED) is 0.120. The molecule has 1 aromatic heterocycles. The molecule has 220 valence electrons. The zero-order valence-corrected chi connectivity index (χ0v) is 25.9. The number of amides is 1. The number of rotatable bonds is 10. The molecule has 1 aliphatic rings. The smallest absolute Gasteiger partial charge is 0.280 e. The molecular formula is C37H34N4O2S. The number of thioether (sulfide) groups is 1. The first-order valence-electron chi connectivity index (χ1n) is 14.7. The molecule has 0 bridgehead atoms. The van der Waals surface area contributed by atoms with Crippen molar-refractivity contribution in [2.24, 2.45) is 11.0 Å². The van der Waals surface area contributed by atoms with Gasteiger partial charge in [-0.3, -0.25) is 4.79 Å². The average molecular weight is 599 g/mol. The van der Waals surface area contributed by atoms with Crippen LogP contribution in [0.15, 0.2) is 131 Å². The summed E-state index contributed by atoms with van der Waals surface area (Å²) in [7, 11) is 0. The Hall–Kier alpha value is -4.88. The van der Waals surface area contributed by atoms with E-state index in [-0.39, 0.29) is 5.91 Å². The van der Waals surface area contributed by atoms with Gasteiger partial charge in [-0.1, -0.05) is 67.9 Å². The number of hydrogen-bond acceptors (Lipinski definition) is 5. The number of carbonyl (C=O) groups excluding carboxylic acids is 1. The van der Waals surface area contributed by atoms with Gasteiger partial charge in [-0.25, -0.2) is 4.68 Å². The molecular weight excluding hydrogens is 565 g/mol. The second-order valence-electron chi connectivity index (χ2n) is 11.1. The van der Waals surface area contributed by atoms with Gasteiger partial charge in [-0.2, -0.15) is 15.2 Å². The van der Waals surface area contributed by atoms with Gasteiger partial charge in [0.1, 0.15) is 5.75 Å². The summed E-state index contributed by atoms with van der Waals surface area (Å²) in [5, 5.41) is 11.3. The molecule has 5 aromatic rings. The van der Waals surface area contributed by atoms with Crippen molar-refractivity contribution in [3.8, 4) is 22.7 Å². The highest BCUT2D eigenvalue weighted by Crippen LogP contribution is 2.32. The lowest BCUT2D eigenvalue weighted by molar-refractivity contribution is -0.114. The van der Waals surface area contributed by atoms with E-state index in [0.29, 0.717) is 23.9 Å². The number of nitrogens with zero attached hydrogens (tertiary/aromatic N) is 4. The first-order chi connectivity index (χ1) is 21.4. The van der Waals surface area contributed by atoms with Crippen molar-refractivity contribution >= 4 is 35.1 Å². The molecule has 0 atom stereocenters. The number of hydrogen-bond donors (Lipinski definition) is 0. The molecule has 1 amide bonds. The Morgan fingerprint density at radius 3 is 2.16 bits per heavy atom. The van der Waals surface area contributed by atoms with Crippen molar-refractivity contribution < 1.29 is 9.53 Å². The normalized spacial score (nSPS) is 14.0. The third kappa shape index (κ3) is 6.68. The van der Waals surface area contributed by atoms with Gasteiger partial charge in [0.25, 0.3) is 5.91 Å². The van der Waals surface area contributed by atoms with Gasteiger partial charge in [0, 0.05) is 28.0 Å². The van der Waals surface area contributed by atoms with E-state index >= 15 is 0 Å². The molecule has 0 radical (unpaired) electrons. The van der Waals surface area contributed by atoms with Crippen LogP contribution in [-0.2, 0) is 4.79 Å². The molecule has 0 spiro atoms.